The molecule has 5 nitrogen and oxygen atoms in total. The summed E-state index contributed by atoms with van der Waals surface area (Å²) in [6.45, 7) is 0. The average Bonchev–Trinajstić information content (AvgIpc) is 3.30. The first-order valence-corrected chi connectivity index (χ1v) is 8.40. The zero-order valence-corrected chi connectivity index (χ0v) is 13.8. The Labute approximate surface area is 149 Å². The van der Waals surface area contributed by atoms with Crippen LogP contribution in [0, 0.1) is 0 Å². The normalized spacial score (nSPS) is 11.7. The van der Waals surface area contributed by atoms with E-state index >= 15 is 0 Å². The molecule has 5 rings (SSSR count). The fraction of sp³-hybridized carbons (Fsp3) is 0. The van der Waals surface area contributed by atoms with Crippen LogP contribution in [0.25, 0.3) is 33.5 Å². The van der Waals surface area contributed by atoms with Gasteiger partial charge in [0.1, 0.15) is 11.6 Å². The number of hydrogen-bond acceptors (Lipinski definition) is 3. The number of imidazole rings is 2. The summed E-state index contributed by atoms with van der Waals surface area (Å²) in [5, 5.41) is 0. The van der Waals surface area contributed by atoms with E-state index in [0.717, 1.165) is 45.0 Å². The van der Waals surface area contributed by atoms with Gasteiger partial charge >= 0.3 is 0 Å². The van der Waals surface area contributed by atoms with E-state index in [1.54, 1.807) is 6.21 Å². The molecule has 0 fully saturated rings. The van der Waals surface area contributed by atoms with Gasteiger partial charge in [-0.3, -0.25) is 4.99 Å². The smallest absolute Gasteiger partial charge is 0.149 e. The Morgan fingerprint density at radius 1 is 0.692 bits per heavy atom. The van der Waals surface area contributed by atoms with E-state index in [4.69, 9.17) is 0 Å². The lowest BCUT2D eigenvalue weighted by Crippen LogP contribution is -1.85. The molecule has 0 radical (unpaired) electrons. The minimum absolute atomic E-state index is 0.727. The molecular weight excluding hydrogens is 322 g/mol. The maximum absolute atomic E-state index is 4.68. The highest BCUT2D eigenvalue weighted by atomic mass is 14.9. The molecule has 0 saturated carbocycles. The summed E-state index contributed by atoms with van der Waals surface area (Å²) in [5.41, 5.74) is 5.68. The molecule has 0 aliphatic carbocycles. The van der Waals surface area contributed by atoms with Gasteiger partial charge in [0.05, 0.1) is 34.0 Å². The number of para-hydroxylation sites is 5. The van der Waals surface area contributed by atoms with Crippen LogP contribution in [0.1, 0.15) is 5.82 Å². The second kappa shape index (κ2) is 5.97. The zero-order chi connectivity index (χ0) is 17.3. The van der Waals surface area contributed by atoms with Gasteiger partial charge in [-0.05, 0) is 36.4 Å². The molecule has 2 N–H and O–H groups in total. The van der Waals surface area contributed by atoms with Crippen molar-refractivity contribution in [2.24, 2.45) is 4.99 Å². The number of H-pyrrole nitrogens is 2. The molecule has 5 heteroatoms. The van der Waals surface area contributed by atoms with Crippen molar-refractivity contribution in [3.05, 3.63) is 78.6 Å². The van der Waals surface area contributed by atoms with Crippen molar-refractivity contribution < 1.29 is 0 Å². The van der Waals surface area contributed by atoms with E-state index in [1.807, 2.05) is 72.8 Å². The summed E-state index contributed by atoms with van der Waals surface area (Å²) in [6.07, 6.45) is 1.75. The first kappa shape index (κ1) is 14.6. The molecule has 0 bridgehead atoms. The van der Waals surface area contributed by atoms with Crippen LogP contribution in [-0.4, -0.2) is 26.2 Å². The Balaban J connectivity index is 1.55. The molecule has 3 aromatic carbocycles. The van der Waals surface area contributed by atoms with Gasteiger partial charge in [0.25, 0.3) is 0 Å². The maximum Gasteiger partial charge on any atom is 0.149 e. The van der Waals surface area contributed by atoms with Crippen LogP contribution in [0.5, 0.6) is 0 Å². The molecule has 0 spiro atoms. The SMILES string of the molecule is C(=Nc1ccccc1-c1nc2ccccc2[nH]1)c1nc2ccccc2[nH]1. The number of hydrogen-bond donors (Lipinski definition) is 2. The Morgan fingerprint density at radius 3 is 2.12 bits per heavy atom. The van der Waals surface area contributed by atoms with Crippen LogP contribution in [0.2, 0.25) is 0 Å². The first-order chi connectivity index (χ1) is 12.9. The predicted octanol–water partition coefficient (Wildman–Crippen LogP) is 4.86. The minimum Gasteiger partial charge on any atom is -0.338 e. The zero-order valence-electron chi connectivity index (χ0n) is 13.8. The van der Waals surface area contributed by atoms with Crippen LogP contribution in [-0.2, 0) is 0 Å². The average molecular weight is 337 g/mol. The summed E-state index contributed by atoms with van der Waals surface area (Å²) in [6, 6.07) is 23.9. The molecule has 2 heterocycles. The summed E-state index contributed by atoms with van der Waals surface area (Å²) in [4.78, 5) is 20.5. The lowest BCUT2D eigenvalue weighted by molar-refractivity contribution is 1.29. The fourth-order valence-corrected chi connectivity index (χ4v) is 3.03. The van der Waals surface area contributed by atoms with Gasteiger partial charge in [-0.25, -0.2) is 9.97 Å². The molecule has 5 aromatic rings. The number of aromatic nitrogens is 4. The lowest BCUT2D eigenvalue weighted by Gasteiger charge is -2.01. The predicted molar refractivity (Wildman–Crippen MR) is 105 cm³/mol. The van der Waals surface area contributed by atoms with E-state index < -0.39 is 0 Å². The van der Waals surface area contributed by atoms with Crippen LogP contribution < -0.4 is 0 Å². The van der Waals surface area contributed by atoms with E-state index in [1.165, 1.54) is 0 Å². The Bertz CT molecular complexity index is 1180. The van der Waals surface area contributed by atoms with Crippen LogP contribution >= 0.6 is 0 Å². The number of aliphatic imine (C=N–C) groups is 1. The monoisotopic (exact) mass is 337 g/mol. The molecule has 0 amide bonds. The van der Waals surface area contributed by atoms with E-state index in [2.05, 4.69) is 24.9 Å². The van der Waals surface area contributed by atoms with E-state index in [0.29, 0.717) is 0 Å². The number of benzene rings is 3. The molecule has 2 aromatic heterocycles. The number of nitrogens with one attached hydrogen (secondary N) is 2. The van der Waals surface area contributed by atoms with Crippen molar-refractivity contribution in [1.29, 1.82) is 0 Å². The summed E-state index contributed by atoms with van der Waals surface area (Å²) in [7, 11) is 0. The highest BCUT2D eigenvalue weighted by Crippen LogP contribution is 2.29. The molecule has 0 unspecified atom stereocenters. The van der Waals surface area contributed by atoms with Crippen LogP contribution in [0.15, 0.2) is 77.8 Å². The Morgan fingerprint density at radius 2 is 1.35 bits per heavy atom. The summed E-state index contributed by atoms with van der Waals surface area (Å²) < 4.78 is 0. The second-order valence-corrected chi connectivity index (χ2v) is 6.02. The topological polar surface area (TPSA) is 69.7 Å². The third kappa shape index (κ3) is 2.56. The third-order valence-electron chi connectivity index (χ3n) is 4.28. The van der Waals surface area contributed by atoms with Gasteiger partial charge in [0.2, 0.25) is 0 Å². The number of rotatable bonds is 3. The Kier molecular flexibility index (Phi) is 3.35. The van der Waals surface area contributed by atoms with Crippen molar-refractivity contribution in [3.8, 4) is 11.4 Å². The summed E-state index contributed by atoms with van der Waals surface area (Å²) >= 11 is 0. The first-order valence-electron chi connectivity index (χ1n) is 8.40. The molecule has 0 aliphatic heterocycles. The minimum atomic E-state index is 0.727. The lowest BCUT2D eigenvalue weighted by atomic mass is 10.1. The van der Waals surface area contributed by atoms with E-state index in [-0.39, 0.29) is 0 Å². The van der Waals surface area contributed by atoms with Crippen molar-refractivity contribution in [2.75, 3.05) is 0 Å². The van der Waals surface area contributed by atoms with Gasteiger partial charge in [-0.15, -0.1) is 0 Å². The van der Waals surface area contributed by atoms with Crippen LogP contribution in [0.4, 0.5) is 5.69 Å². The largest absolute Gasteiger partial charge is 0.338 e. The van der Waals surface area contributed by atoms with Crippen molar-refractivity contribution >= 4 is 34.0 Å². The van der Waals surface area contributed by atoms with Crippen molar-refractivity contribution in [3.63, 3.8) is 0 Å². The molecule has 0 aliphatic rings. The highest BCUT2D eigenvalue weighted by molar-refractivity contribution is 5.88. The van der Waals surface area contributed by atoms with Crippen LogP contribution in [0.3, 0.4) is 0 Å². The molecule has 0 saturated heterocycles. The van der Waals surface area contributed by atoms with Gasteiger partial charge in [0, 0.05) is 5.56 Å². The van der Waals surface area contributed by atoms with Gasteiger partial charge < -0.3 is 9.97 Å². The van der Waals surface area contributed by atoms with Crippen molar-refractivity contribution in [2.45, 2.75) is 0 Å². The van der Waals surface area contributed by atoms with E-state index in [9.17, 15) is 0 Å². The standard InChI is InChI=1S/C21H15N5/c1-2-8-15(22-13-20-23-16-9-3-4-10-17(16)24-20)14(7-1)21-25-18-11-5-6-12-19(18)26-21/h1-13H,(H,23,24)(H,25,26). The van der Waals surface area contributed by atoms with Crippen molar-refractivity contribution in [1.82, 2.24) is 19.9 Å². The number of nitrogens with zero attached hydrogens (tertiary/aromatic N) is 3. The van der Waals surface area contributed by atoms with Gasteiger partial charge in [-0.1, -0.05) is 36.4 Å². The van der Waals surface area contributed by atoms with Gasteiger partial charge in [0.15, 0.2) is 0 Å². The third-order valence-corrected chi connectivity index (χ3v) is 4.28. The molecule has 124 valence electrons. The highest BCUT2D eigenvalue weighted by Gasteiger charge is 2.09. The molecule has 0 atom stereocenters. The van der Waals surface area contributed by atoms with Gasteiger partial charge in [-0.2, -0.15) is 0 Å². The summed E-state index contributed by atoms with van der Waals surface area (Å²) in [5.74, 6) is 1.54. The number of fused-ring (bicyclic) bond motifs is 2. The number of aromatic amines is 2. The second-order valence-electron chi connectivity index (χ2n) is 6.02. The molecular formula is C21H15N5. The Hall–Kier alpha value is -3.73. The maximum atomic E-state index is 4.68. The molecule has 26 heavy (non-hydrogen) atoms. The quantitative estimate of drug-likeness (QED) is 0.462. The fourth-order valence-electron chi connectivity index (χ4n) is 3.03.